The summed E-state index contributed by atoms with van der Waals surface area (Å²) in [6, 6.07) is 10.0. The maximum absolute atomic E-state index is 13.5. The fourth-order valence-electron chi connectivity index (χ4n) is 1.76. The highest BCUT2D eigenvalue weighted by atomic mass is 35.5. The molecule has 23 heavy (non-hydrogen) atoms. The van der Waals surface area contributed by atoms with E-state index in [4.69, 9.17) is 11.6 Å². The zero-order valence-electron chi connectivity index (χ0n) is 11.8. The van der Waals surface area contributed by atoms with Crippen LogP contribution in [0, 0.1) is 15.9 Å². The van der Waals surface area contributed by atoms with Gasteiger partial charge in [-0.25, -0.2) is 4.39 Å². The topological polar surface area (TPSA) is 72.2 Å². The zero-order valence-corrected chi connectivity index (χ0v) is 13.4. The number of halogens is 2. The minimum atomic E-state index is -0.553. The van der Waals surface area contributed by atoms with Crippen LogP contribution in [0.1, 0.15) is 5.56 Å². The Morgan fingerprint density at radius 2 is 1.96 bits per heavy atom. The number of non-ortho nitro benzene ring substituents is 1. The van der Waals surface area contributed by atoms with Crippen molar-refractivity contribution >= 4 is 40.6 Å². The summed E-state index contributed by atoms with van der Waals surface area (Å²) in [6.07, 6.45) is 0. The van der Waals surface area contributed by atoms with E-state index in [0.29, 0.717) is 10.8 Å². The Labute approximate surface area is 141 Å². The Kier molecular flexibility index (Phi) is 5.95. The molecule has 1 amide bonds. The normalized spacial score (nSPS) is 10.3. The number of benzene rings is 2. The molecule has 0 aliphatic rings. The van der Waals surface area contributed by atoms with Gasteiger partial charge in [-0.05, 0) is 23.8 Å². The fraction of sp³-hybridized carbons (Fsp3) is 0.133. The molecule has 0 spiro atoms. The minimum absolute atomic E-state index is 0.0212. The van der Waals surface area contributed by atoms with Gasteiger partial charge >= 0.3 is 0 Å². The molecule has 0 unspecified atom stereocenters. The first-order chi connectivity index (χ1) is 11.0. The number of nitrogens with one attached hydrogen (secondary N) is 1. The van der Waals surface area contributed by atoms with Gasteiger partial charge in [0.25, 0.3) is 5.69 Å². The molecule has 0 bridgehead atoms. The molecule has 0 saturated carbocycles. The van der Waals surface area contributed by atoms with Crippen molar-refractivity contribution in [1.29, 1.82) is 0 Å². The van der Waals surface area contributed by atoms with Crippen molar-refractivity contribution in [2.75, 3.05) is 11.1 Å². The fourth-order valence-corrected chi connectivity index (χ4v) is 2.71. The molecule has 2 rings (SSSR count). The number of thioether (sulfide) groups is 1. The van der Waals surface area contributed by atoms with Gasteiger partial charge < -0.3 is 5.32 Å². The second-order valence-electron chi connectivity index (χ2n) is 4.59. The van der Waals surface area contributed by atoms with Gasteiger partial charge in [0.05, 0.1) is 16.4 Å². The third-order valence-electron chi connectivity index (χ3n) is 2.85. The summed E-state index contributed by atoms with van der Waals surface area (Å²) >= 11 is 7.07. The van der Waals surface area contributed by atoms with Crippen LogP contribution in [-0.2, 0) is 10.5 Å². The van der Waals surface area contributed by atoms with Gasteiger partial charge in [-0.1, -0.05) is 23.7 Å². The summed E-state index contributed by atoms with van der Waals surface area (Å²) < 4.78 is 13.5. The molecule has 120 valence electrons. The summed E-state index contributed by atoms with van der Waals surface area (Å²) in [5.41, 5.74) is 0.925. The van der Waals surface area contributed by atoms with Crippen LogP contribution < -0.4 is 5.32 Å². The summed E-state index contributed by atoms with van der Waals surface area (Å²) in [7, 11) is 0. The SMILES string of the molecule is O=C(CSCc1ccc([N+](=O)[O-])cc1)Nc1cc(Cl)ccc1F. The average molecular weight is 355 g/mol. The van der Waals surface area contributed by atoms with Crippen LogP contribution in [0.2, 0.25) is 5.02 Å². The molecule has 0 heterocycles. The van der Waals surface area contributed by atoms with Crippen LogP contribution in [0.5, 0.6) is 0 Å². The Bertz CT molecular complexity index is 725. The molecule has 0 aromatic heterocycles. The third kappa shape index (κ3) is 5.22. The molecule has 0 fully saturated rings. The van der Waals surface area contributed by atoms with Gasteiger partial charge in [-0.15, -0.1) is 11.8 Å². The van der Waals surface area contributed by atoms with Gasteiger partial charge in [0.15, 0.2) is 0 Å². The molecule has 0 radical (unpaired) electrons. The van der Waals surface area contributed by atoms with Gasteiger partial charge in [-0.3, -0.25) is 14.9 Å². The third-order valence-corrected chi connectivity index (χ3v) is 4.09. The van der Waals surface area contributed by atoms with Crippen LogP contribution in [0.15, 0.2) is 42.5 Å². The van der Waals surface area contributed by atoms with Gasteiger partial charge in [0.1, 0.15) is 5.82 Å². The van der Waals surface area contributed by atoms with E-state index in [1.165, 1.54) is 42.1 Å². The molecule has 5 nitrogen and oxygen atoms in total. The molecule has 0 saturated heterocycles. The molecule has 0 aliphatic heterocycles. The number of nitro groups is 1. The lowest BCUT2D eigenvalue weighted by molar-refractivity contribution is -0.384. The first-order valence-electron chi connectivity index (χ1n) is 6.51. The van der Waals surface area contributed by atoms with Crippen molar-refractivity contribution in [3.8, 4) is 0 Å². The van der Waals surface area contributed by atoms with Crippen LogP contribution in [0.4, 0.5) is 15.8 Å². The first-order valence-corrected chi connectivity index (χ1v) is 8.05. The second kappa shape index (κ2) is 7.94. The largest absolute Gasteiger partial charge is 0.323 e. The average Bonchev–Trinajstić information content (AvgIpc) is 2.51. The number of hydrogen-bond donors (Lipinski definition) is 1. The highest BCUT2D eigenvalue weighted by Gasteiger charge is 2.09. The first kappa shape index (κ1) is 17.2. The molecular weight excluding hydrogens is 343 g/mol. The summed E-state index contributed by atoms with van der Waals surface area (Å²) in [5.74, 6) is -0.256. The van der Waals surface area contributed by atoms with Crippen LogP contribution in [-0.4, -0.2) is 16.6 Å². The number of rotatable bonds is 6. The number of carbonyl (C=O) groups is 1. The predicted molar refractivity (Wildman–Crippen MR) is 89.3 cm³/mol. The lowest BCUT2D eigenvalue weighted by Crippen LogP contribution is -2.15. The Hall–Kier alpha value is -2.12. The van der Waals surface area contributed by atoms with E-state index in [9.17, 15) is 19.3 Å². The Morgan fingerprint density at radius 3 is 2.61 bits per heavy atom. The number of carbonyl (C=O) groups excluding carboxylic acids is 1. The van der Waals surface area contributed by atoms with E-state index in [0.717, 1.165) is 5.56 Å². The summed E-state index contributed by atoms with van der Waals surface area (Å²) in [6.45, 7) is 0. The lowest BCUT2D eigenvalue weighted by atomic mass is 10.2. The minimum Gasteiger partial charge on any atom is -0.323 e. The van der Waals surface area contributed by atoms with E-state index in [2.05, 4.69) is 5.32 Å². The maximum atomic E-state index is 13.5. The molecule has 8 heteroatoms. The molecule has 0 atom stereocenters. The zero-order chi connectivity index (χ0) is 16.8. The molecule has 2 aromatic rings. The smallest absolute Gasteiger partial charge is 0.269 e. The van der Waals surface area contributed by atoms with Crippen molar-refractivity contribution in [1.82, 2.24) is 0 Å². The number of nitrogens with zero attached hydrogens (tertiary/aromatic N) is 1. The second-order valence-corrected chi connectivity index (χ2v) is 6.01. The number of anilines is 1. The van der Waals surface area contributed by atoms with Crippen LogP contribution in [0.25, 0.3) is 0 Å². The summed E-state index contributed by atoms with van der Waals surface area (Å²) in [5, 5.41) is 13.3. The monoisotopic (exact) mass is 354 g/mol. The molecule has 0 aliphatic carbocycles. The van der Waals surface area contributed by atoms with Crippen LogP contribution in [0.3, 0.4) is 0 Å². The predicted octanol–water partition coefficient (Wildman–Crippen LogP) is 4.26. The van der Waals surface area contributed by atoms with E-state index < -0.39 is 10.7 Å². The van der Waals surface area contributed by atoms with E-state index in [1.54, 1.807) is 12.1 Å². The highest BCUT2D eigenvalue weighted by Crippen LogP contribution is 2.20. The van der Waals surface area contributed by atoms with Gasteiger partial charge in [0, 0.05) is 22.9 Å². The number of nitro benzene ring substituents is 1. The van der Waals surface area contributed by atoms with Crippen LogP contribution >= 0.6 is 23.4 Å². The van der Waals surface area contributed by atoms with Crippen molar-refractivity contribution in [2.45, 2.75) is 5.75 Å². The molecular formula is C15H12ClFN2O3S. The van der Waals surface area contributed by atoms with E-state index in [-0.39, 0.29) is 23.0 Å². The quantitative estimate of drug-likeness (QED) is 0.621. The Morgan fingerprint density at radius 1 is 1.26 bits per heavy atom. The standard InChI is InChI=1S/C15H12ClFN2O3S/c16-11-3-6-13(17)14(7-11)18-15(20)9-23-8-10-1-4-12(5-2-10)19(21)22/h1-7H,8-9H2,(H,18,20). The van der Waals surface area contributed by atoms with Crippen molar-refractivity contribution in [3.63, 3.8) is 0 Å². The van der Waals surface area contributed by atoms with Crippen molar-refractivity contribution in [3.05, 3.63) is 69.0 Å². The van der Waals surface area contributed by atoms with Crippen molar-refractivity contribution < 1.29 is 14.1 Å². The van der Waals surface area contributed by atoms with Gasteiger partial charge in [0.2, 0.25) is 5.91 Å². The summed E-state index contributed by atoms with van der Waals surface area (Å²) in [4.78, 5) is 21.9. The lowest BCUT2D eigenvalue weighted by Gasteiger charge is -2.07. The number of amides is 1. The van der Waals surface area contributed by atoms with E-state index >= 15 is 0 Å². The number of hydrogen-bond acceptors (Lipinski definition) is 4. The van der Waals surface area contributed by atoms with E-state index in [1.807, 2.05) is 0 Å². The Balaban J connectivity index is 1.82. The molecule has 2 aromatic carbocycles. The van der Waals surface area contributed by atoms with Gasteiger partial charge in [-0.2, -0.15) is 0 Å². The van der Waals surface area contributed by atoms with Crippen molar-refractivity contribution in [2.24, 2.45) is 0 Å². The highest BCUT2D eigenvalue weighted by molar-refractivity contribution is 7.99. The molecule has 1 N–H and O–H groups in total. The maximum Gasteiger partial charge on any atom is 0.269 e.